The SMILES string of the molecule is [BiH3].[Cu].[H-].[H-].[K+].[Na+]. The van der Waals surface area contributed by atoms with Crippen molar-refractivity contribution in [2.24, 2.45) is 0 Å². The molecule has 0 aliphatic carbocycles. The zero-order chi connectivity index (χ0) is 0. The Balaban J connectivity index is 0. The molecule has 0 saturated carbocycles. The van der Waals surface area contributed by atoms with E-state index < -0.39 is 0 Å². The molecule has 0 aromatic carbocycles. The van der Waals surface area contributed by atoms with Crippen LogP contribution < -0.4 is 80.9 Å². The van der Waals surface area contributed by atoms with E-state index in [2.05, 4.69) is 0 Å². The van der Waals surface area contributed by atoms with E-state index in [1.807, 2.05) is 0 Å². The van der Waals surface area contributed by atoms with Gasteiger partial charge in [0, 0.05) is 17.1 Å². The van der Waals surface area contributed by atoms with Crippen LogP contribution in [0.1, 0.15) is 2.85 Å². The molecule has 1 radical (unpaired) electrons. The predicted molar refractivity (Wildman–Crippen MR) is 12.2 cm³/mol. The Morgan fingerprint density at radius 3 is 1.25 bits per heavy atom. The van der Waals surface area contributed by atoms with Crippen LogP contribution in [-0.2, 0) is 17.1 Å². The largest absolute Gasteiger partial charge is 1.00 e. The minimum absolute atomic E-state index is 0. The molecule has 4 heteroatoms. The van der Waals surface area contributed by atoms with Crippen LogP contribution in [0.3, 0.4) is 0 Å². The summed E-state index contributed by atoms with van der Waals surface area (Å²) >= 11 is 0. The van der Waals surface area contributed by atoms with Crippen molar-refractivity contribution in [2.75, 3.05) is 0 Å². The van der Waals surface area contributed by atoms with Gasteiger partial charge in [-0.25, -0.2) is 0 Å². The molecule has 0 aliphatic heterocycles. The van der Waals surface area contributed by atoms with E-state index in [1.54, 1.807) is 0 Å². The van der Waals surface area contributed by atoms with Gasteiger partial charge in [0.1, 0.15) is 0 Å². The van der Waals surface area contributed by atoms with Crippen LogP contribution in [0.2, 0.25) is 0 Å². The summed E-state index contributed by atoms with van der Waals surface area (Å²) in [6.45, 7) is 0. The Kier molecular flexibility index (Phi) is 96.1. The quantitative estimate of drug-likeness (QED) is 0.385. The molecule has 0 nitrogen and oxygen atoms in total. The molecule has 0 saturated heterocycles. The van der Waals surface area contributed by atoms with Crippen LogP contribution in [0.4, 0.5) is 0 Å². The number of hydrogen-bond donors (Lipinski definition) is 0. The van der Waals surface area contributed by atoms with Crippen molar-refractivity contribution in [1.29, 1.82) is 0 Å². The first-order valence-electron chi connectivity index (χ1n) is 0. The van der Waals surface area contributed by atoms with Crippen LogP contribution >= 0.6 is 0 Å². The molecule has 0 spiro atoms. The predicted octanol–water partition coefficient (Wildman–Crippen LogP) is -6.95. The fourth-order valence-corrected chi connectivity index (χ4v) is 0. The summed E-state index contributed by atoms with van der Waals surface area (Å²) < 4.78 is 0. The van der Waals surface area contributed by atoms with Gasteiger partial charge in [0.15, 0.2) is 0 Å². The second-order valence-corrected chi connectivity index (χ2v) is 0. The first kappa shape index (κ1) is 24.4. The normalized spacial score (nSPS) is 0. The van der Waals surface area contributed by atoms with E-state index >= 15 is 0 Å². The van der Waals surface area contributed by atoms with E-state index in [0.29, 0.717) is 0 Å². The Labute approximate surface area is 124 Å². The minimum atomic E-state index is 0. The summed E-state index contributed by atoms with van der Waals surface area (Å²) in [6, 6.07) is 0. The average Bonchev–Trinajstić information content (AvgIpc) is 0. The van der Waals surface area contributed by atoms with E-state index in [9.17, 15) is 0 Å². The van der Waals surface area contributed by atoms with Gasteiger partial charge in [-0.3, -0.25) is 0 Å². The van der Waals surface area contributed by atoms with Crippen molar-refractivity contribution in [1.82, 2.24) is 0 Å². The Morgan fingerprint density at radius 1 is 1.25 bits per heavy atom. The molecule has 0 bridgehead atoms. The summed E-state index contributed by atoms with van der Waals surface area (Å²) in [5.74, 6) is 0. The second kappa shape index (κ2) is 15.7. The zero-order valence-electron chi connectivity index (χ0n) is 5.01. The minimum Gasteiger partial charge on any atom is -1.00 e. The van der Waals surface area contributed by atoms with Gasteiger partial charge in [0.2, 0.25) is 0 Å². The standard InChI is InChI=1S/Bi.Cu.K.Na.5H/q;;2*+1;;;;2*-1. The maximum Gasteiger partial charge on any atom is 1.00 e. The molecule has 0 heterocycles. The van der Waals surface area contributed by atoms with Gasteiger partial charge in [0.05, 0.1) is 0 Å². The third-order valence-electron chi connectivity index (χ3n) is 0. The van der Waals surface area contributed by atoms with Crippen molar-refractivity contribution in [3.63, 3.8) is 0 Å². The number of rotatable bonds is 0. The zero-order valence-corrected chi connectivity index (χ0v) is 14.6. The molecule has 0 amide bonds. The molecule has 0 aromatic rings. The molecule has 0 fully saturated rings. The van der Waals surface area contributed by atoms with Crippen LogP contribution in [0.25, 0.3) is 0 Å². The topological polar surface area (TPSA) is 0 Å². The van der Waals surface area contributed by atoms with Crippen LogP contribution in [0.5, 0.6) is 0 Å². The summed E-state index contributed by atoms with van der Waals surface area (Å²) in [6.07, 6.45) is 0. The van der Waals surface area contributed by atoms with Crippen molar-refractivity contribution in [3.05, 3.63) is 0 Å². The fourth-order valence-electron chi connectivity index (χ4n) is 0. The average molecular weight is 340 g/mol. The van der Waals surface area contributed by atoms with E-state index in [1.165, 1.54) is 0 Å². The van der Waals surface area contributed by atoms with Crippen molar-refractivity contribution >= 4 is 26.2 Å². The van der Waals surface area contributed by atoms with Crippen LogP contribution in [-0.4, -0.2) is 26.2 Å². The van der Waals surface area contributed by atoms with Gasteiger partial charge < -0.3 is 2.85 Å². The van der Waals surface area contributed by atoms with Crippen LogP contribution in [0.15, 0.2) is 0 Å². The fraction of sp³-hybridized carbons (Fsp3) is 0. The molecule has 0 rings (SSSR count). The summed E-state index contributed by atoms with van der Waals surface area (Å²) in [5.41, 5.74) is 0. The third kappa shape index (κ3) is 9.40. The molecule has 0 aliphatic rings. The molecule has 0 N–H and O–H groups in total. The Morgan fingerprint density at radius 2 is 1.25 bits per heavy atom. The van der Waals surface area contributed by atoms with Crippen molar-refractivity contribution in [2.45, 2.75) is 0 Å². The molecule has 0 aromatic heterocycles. The van der Waals surface area contributed by atoms with Gasteiger partial charge in [-0.05, 0) is 0 Å². The first-order chi connectivity index (χ1) is 0. The molecule has 0 unspecified atom stereocenters. The molecule has 4 heavy (non-hydrogen) atoms. The molecular formula is H5BiCuKNa. The third-order valence-corrected chi connectivity index (χ3v) is 0. The summed E-state index contributed by atoms with van der Waals surface area (Å²) in [7, 11) is 0. The van der Waals surface area contributed by atoms with E-state index in [4.69, 9.17) is 0 Å². The molecular weight excluding hydrogens is 335 g/mol. The van der Waals surface area contributed by atoms with Gasteiger partial charge in [-0.15, -0.1) is 0 Å². The molecule has 0 atom stereocenters. The van der Waals surface area contributed by atoms with E-state index in [-0.39, 0.29) is 127 Å². The van der Waals surface area contributed by atoms with Gasteiger partial charge >= 0.3 is 107 Å². The first-order valence-corrected chi connectivity index (χ1v) is 0. The van der Waals surface area contributed by atoms with Crippen molar-refractivity contribution in [3.8, 4) is 0 Å². The smallest absolute Gasteiger partial charge is 1.00 e. The summed E-state index contributed by atoms with van der Waals surface area (Å²) in [4.78, 5) is 0. The number of hydrogen-bond acceptors (Lipinski definition) is 0. The summed E-state index contributed by atoms with van der Waals surface area (Å²) in [5, 5.41) is 0. The van der Waals surface area contributed by atoms with Crippen molar-refractivity contribution < 1.29 is 101 Å². The maximum absolute atomic E-state index is 0. The second-order valence-electron chi connectivity index (χ2n) is 0. The van der Waals surface area contributed by atoms with E-state index in [0.717, 1.165) is 0 Å². The molecule has 23 valence electrons. The Bertz CT molecular complexity index is 13.5. The monoisotopic (exact) mass is 339 g/mol. The van der Waals surface area contributed by atoms with Crippen LogP contribution in [0, 0.1) is 0 Å². The Hall–Kier alpha value is 4.04. The van der Waals surface area contributed by atoms with Gasteiger partial charge in [-0.2, -0.15) is 0 Å². The van der Waals surface area contributed by atoms with Gasteiger partial charge in [-0.1, -0.05) is 0 Å². The van der Waals surface area contributed by atoms with Gasteiger partial charge in [0.25, 0.3) is 0 Å². The maximum atomic E-state index is 0.